The first-order valence-electron chi connectivity index (χ1n) is 8.27. The third-order valence-corrected chi connectivity index (χ3v) is 3.40. The minimum atomic E-state index is -0.148. The highest BCUT2D eigenvalue weighted by atomic mass is 16.5. The Kier molecular flexibility index (Phi) is 7.99. The highest BCUT2D eigenvalue weighted by molar-refractivity contribution is 5.96. The Labute approximate surface area is 145 Å². The second-order valence-corrected chi connectivity index (χ2v) is 5.54. The summed E-state index contributed by atoms with van der Waals surface area (Å²) in [6.45, 7) is 8.41. The number of benzene rings is 2. The van der Waals surface area contributed by atoms with Crippen LogP contribution in [0, 0.1) is 6.92 Å². The number of amides is 1. The number of hydrogen-bond acceptors (Lipinski definition) is 3. The topological polar surface area (TPSA) is 64.3 Å². The van der Waals surface area contributed by atoms with E-state index in [-0.39, 0.29) is 11.9 Å². The lowest BCUT2D eigenvalue weighted by molar-refractivity contribution is 0.0905. The molecule has 1 amide bonds. The summed E-state index contributed by atoms with van der Waals surface area (Å²) < 4.78 is 5.03. The van der Waals surface area contributed by atoms with E-state index in [9.17, 15) is 4.79 Å². The summed E-state index contributed by atoms with van der Waals surface area (Å²) in [6.07, 6.45) is 0. The van der Waals surface area contributed by atoms with Gasteiger partial charge in [0.2, 0.25) is 0 Å². The molecule has 0 aliphatic carbocycles. The van der Waals surface area contributed by atoms with Crippen LogP contribution in [-0.2, 0) is 4.74 Å². The van der Waals surface area contributed by atoms with Gasteiger partial charge >= 0.3 is 0 Å². The van der Waals surface area contributed by atoms with Crippen molar-refractivity contribution in [1.29, 1.82) is 0 Å². The molecule has 130 valence electrons. The molecule has 0 saturated heterocycles. The van der Waals surface area contributed by atoms with Crippen molar-refractivity contribution in [1.82, 2.24) is 5.32 Å². The maximum absolute atomic E-state index is 12.3. The number of hydrogen-bond donors (Lipinski definition) is 2. The lowest BCUT2D eigenvalue weighted by atomic mass is 10.0. The molecule has 0 bridgehead atoms. The Morgan fingerprint density at radius 3 is 2.33 bits per heavy atom. The molecule has 4 heteroatoms. The molecule has 0 fully saturated rings. The zero-order valence-electron chi connectivity index (χ0n) is 15.2. The monoisotopic (exact) mass is 328 g/mol. The van der Waals surface area contributed by atoms with Gasteiger partial charge in [-0.3, -0.25) is 4.79 Å². The van der Waals surface area contributed by atoms with Crippen molar-refractivity contribution >= 4 is 11.6 Å². The molecular formula is C20H28N2O2. The molecule has 0 aromatic heterocycles. The van der Waals surface area contributed by atoms with Crippen molar-refractivity contribution in [3.05, 3.63) is 53.6 Å². The van der Waals surface area contributed by atoms with Gasteiger partial charge < -0.3 is 15.8 Å². The molecule has 0 saturated carbocycles. The van der Waals surface area contributed by atoms with Gasteiger partial charge in [-0.15, -0.1) is 0 Å². The summed E-state index contributed by atoms with van der Waals surface area (Å²) in [7, 11) is 1.61. The van der Waals surface area contributed by atoms with Gasteiger partial charge in [-0.05, 0) is 43.2 Å². The Hall–Kier alpha value is -2.33. The lowest BCUT2D eigenvalue weighted by Crippen LogP contribution is -2.35. The van der Waals surface area contributed by atoms with Gasteiger partial charge in [0.1, 0.15) is 0 Å². The fourth-order valence-electron chi connectivity index (χ4n) is 2.29. The molecule has 2 rings (SSSR count). The standard InChI is InChI=1S/C18H22N2O2.C2H6/c1-12-4-6-14(7-5-12)15-8-16(10-17(19)9-15)18(21)20-13(2)11-22-3;1-2/h4-10,13H,11,19H2,1-3H3,(H,20,21);1-2H3. The molecule has 1 unspecified atom stereocenters. The third kappa shape index (κ3) is 5.70. The van der Waals surface area contributed by atoms with Gasteiger partial charge in [0.05, 0.1) is 6.61 Å². The molecular weight excluding hydrogens is 300 g/mol. The number of nitrogen functional groups attached to an aromatic ring is 1. The summed E-state index contributed by atoms with van der Waals surface area (Å²) in [6, 6.07) is 13.5. The number of anilines is 1. The van der Waals surface area contributed by atoms with E-state index in [0.29, 0.717) is 17.9 Å². The number of rotatable bonds is 5. The van der Waals surface area contributed by atoms with Crippen molar-refractivity contribution in [3.63, 3.8) is 0 Å². The first-order valence-corrected chi connectivity index (χ1v) is 8.27. The van der Waals surface area contributed by atoms with Gasteiger partial charge in [-0.25, -0.2) is 0 Å². The molecule has 0 aliphatic rings. The second kappa shape index (κ2) is 9.73. The van der Waals surface area contributed by atoms with Gasteiger partial charge in [0.25, 0.3) is 5.91 Å². The SMILES string of the molecule is CC.COCC(C)NC(=O)c1cc(N)cc(-c2ccc(C)cc2)c1. The smallest absolute Gasteiger partial charge is 0.251 e. The summed E-state index contributed by atoms with van der Waals surface area (Å²) in [5.74, 6) is -0.148. The highest BCUT2D eigenvalue weighted by Crippen LogP contribution is 2.24. The maximum Gasteiger partial charge on any atom is 0.251 e. The average molecular weight is 328 g/mol. The maximum atomic E-state index is 12.3. The molecule has 2 aromatic rings. The van der Waals surface area contributed by atoms with E-state index in [0.717, 1.165) is 11.1 Å². The van der Waals surface area contributed by atoms with Crippen LogP contribution in [-0.4, -0.2) is 25.7 Å². The van der Waals surface area contributed by atoms with Crippen LogP contribution in [0.4, 0.5) is 5.69 Å². The number of nitrogens with two attached hydrogens (primary N) is 1. The Morgan fingerprint density at radius 1 is 1.12 bits per heavy atom. The van der Waals surface area contributed by atoms with E-state index in [2.05, 4.69) is 5.32 Å². The van der Waals surface area contributed by atoms with E-state index < -0.39 is 0 Å². The highest BCUT2D eigenvalue weighted by Gasteiger charge is 2.12. The number of ether oxygens (including phenoxy) is 1. The largest absolute Gasteiger partial charge is 0.399 e. The molecule has 0 spiro atoms. The zero-order chi connectivity index (χ0) is 18.1. The Balaban J connectivity index is 0.00000139. The molecule has 0 aliphatic heterocycles. The quantitative estimate of drug-likeness (QED) is 0.814. The second-order valence-electron chi connectivity index (χ2n) is 5.54. The molecule has 1 atom stereocenters. The van der Waals surface area contributed by atoms with Crippen LogP contribution in [0.5, 0.6) is 0 Å². The normalized spacial score (nSPS) is 11.2. The van der Waals surface area contributed by atoms with Crippen molar-refractivity contribution in [3.8, 4) is 11.1 Å². The minimum Gasteiger partial charge on any atom is -0.399 e. The summed E-state index contributed by atoms with van der Waals surface area (Å²) in [5, 5.41) is 2.89. The molecule has 0 heterocycles. The van der Waals surface area contributed by atoms with Crippen LogP contribution >= 0.6 is 0 Å². The van der Waals surface area contributed by atoms with Crippen molar-refractivity contribution in [2.45, 2.75) is 33.7 Å². The fraction of sp³-hybridized carbons (Fsp3) is 0.350. The minimum absolute atomic E-state index is 0.0539. The number of carbonyl (C=O) groups is 1. The van der Waals surface area contributed by atoms with Gasteiger partial charge in [-0.1, -0.05) is 43.7 Å². The van der Waals surface area contributed by atoms with Crippen LogP contribution in [0.3, 0.4) is 0 Å². The third-order valence-electron chi connectivity index (χ3n) is 3.40. The number of methoxy groups -OCH3 is 1. The predicted octanol–water partition coefficient (Wildman–Crippen LogP) is 4.04. The summed E-state index contributed by atoms with van der Waals surface area (Å²) >= 11 is 0. The van der Waals surface area contributed by atoms with Gasteiger partial charge in [0.15, 0.2) is 0 Å². The predicted molar refractivity (Wildman–Crippen MR) is 101 cm³/mol. The Morgan fingerprint density at radius 2 is 1.75 bits per heavy atom. The van der Waals surface area contributed by atoms with Crippen molar-refractivity contribution < 1.29 is 9.53 Å². The molecule has 24 heavy (non-hydrogen) atoms. The zero-order valence-corrected chi connectivity index (χ0v) is 15.2. The lowest BCUT2D eigenvalue weighted by Gasteiger charge is -2.14. The van der Waals surface area contributed by atoms with E-state index in [1.165, 1.54) is 5.56 Å². The number of nitrogens with one attached hydrogen (secondary N) is 1. The van der Waals surface area contributed by atoms with Crippen molar-refractivity contribution in [2.75, 3.05) is 19.5 Å². The Bertz CT molecular complexity index is 651. The molecule has 4 nitrogen and oxygen atoms in total. The average Bonchev–Trinajstić information content (AvgIpc) is 2.57. The van der Waals surface area contributed by atoms with Gasteiger partial charge in [0, 0.05) is 24.4 Å². The fourth-order valence-corrected chi connectivity index (χ4v) is 2.29. The van der Waals surface area contributed by atoms with Crippen LogP contribution < -0.4 is 11.1 Å². The molecule has 0 radical (unpaired) electrons. The van der Waals surface area contributed by atoms with Crippen LogP contribution in [0.2, 0.25) is 0 Å². The summed E-state index contributed by atoms with van der Waals surface area (Å²) in [5.41, 5.74) is 10.2. The van der Waals surface area contributed by atoms with Crippen LogP contribution in [0.15, 0.2) is 42.5 Å². The van der Waals surface area contributed by atoms with Crippen molar-refractivity contribution in [2.24, 2.45) is 0 Å². The van der Waals surface area contributed by atoms with E-state index >= 15 is 0 Å². The van der Waals surface area contributed by atoms with Gasteiger partial charge in [-0.2, -0.15) is 0 Å². The van der Waals surface area contributed by atoms with E-state index in [4.69, 9.17) is 10.5 Å². The van der Waals surface area contributed by atoms with Crippen LogP contribution in [0.1, 0.15) is 36.7 Å². The summed E-state index contributed by atoms with van der Waals surface area (Å²) in [4.78, 5) is 12.3. The first kappa shape index (κ1) is 19.7. The molecule has 3 N–H and O–H groups in total. The first-order chi connectivity index (χ1) is 11.5. The van der Waals surface area contributed by atoms with E-state index in [1.54, 1.807) is 13.2 Å². The number of aryl methyl sites for hydroxylation is 1. The van der Waals surface area contributed by atoms with Crippen LogP contribution in [0.25, 0.3) is 11.1 Å². The number of carbonyl (C=O) groups excluding carboxylic acids is 1. The van der Waals surface area contributed by atoms with E-state index in [1.807, 2.05) is 64.1 Å². The molecule has 2 aromatic carbocycles.